The van der Waals surface area contributed by atoms with Gasteiger partial charge in [0.05, 0.1) is 5.52 Å². The van der Waals surface area contributed by atoms with Gasteiger partial charge in [-0.2, -0.15) is 0 Å². The van der Waals surface area contributed by atoms with E-state index in [1.807, 2.05) is 24.3 Å². The van der Waals surface area contributed by atoms with E-state index in [4.69, 9.17) is 0 Å². The lowest BCUT2D eigenvalue weighted by Crippen LogP contribution is -2.43. The molecule has 1 saturated heterocycles. The number of piperidine rings is 1. The Balaban J connectivity index is 2.05. The summed E-state index contributed by atoms with van der Waals surface area (Å²) in [6, 6.07) is 9.98. The number of rotatable bonds is 1. The summed E-state index contributed by atoms with van der Waals surface area (Å²) >= 11 is 0. The van der Waals surface area contributed by atoms with E-state index < -0.39 is 5.60 Å². The van der Waals surface area contributed by atoms with Crippen LogP contribution in [0.3, 0.4) is 0 Å². The molecule has 17 heavy (non-hydrogen) atoms. The lowest BCUT2D eigenvalue weighted by molar-refractivity contribution is 0.0124. The molecule has 3 rings (SSSR count). The van der Waals surface area contributed by atoms with E-state index in [9.17, 15) is 5.11 Å². The van der Waals surface area contributed by atoms with Gasteiger partial charge in [-0.3, -0.25) is 4.98 Å². The number of nitrogens with zero attached hydrogens (tertiary/aromatic N) is 1. The number of aliphatic hydroxyl groups is 1. The predicted molar refractivity (Wildman–Crippen MR) is 67.7 cm³/mol. The summed E-state index contributed by atoms with van der Waals surface area (Å²) in [5.74, 6) is 0. The minimum absolute atomic E-state index is 0.638. The highest BCUT2D eigenvalue weighted by atomic mass is 16.3. The largest absolute Gasteiger partial charge is 0.384 e. The van der Waals surface area contributed by atoms with Crippen molar-refractivity contribution in [3.8, 4) is 0 Å². The van der Waals surface area contributed by atoms with E-state index >= 15 is 0 Å². The highest BCUT2D eigenvalue weighted by Gasteiger charge is 2.31. The summed E-state index contributed by atoms with van der Waals surface area (Å²) in [4.78, 5) is 4.29. The van der Waals surface area contributed by atoms with Gasteiger partial charge >= 0.3 is 0 Å². The third-order valence-electron chi connectivity index (χ3n) is 3.50. The summed E-state index contributed by atoms with van der Waals surface area (Å²) in [6.07, 6.45) is 3.63. The van der Waals surface area contributed by atoms with Gasteiger partial charge < -0.3 is 10.4 Å². The second-order valence-electron chi connectivity index (χ2n) is 4.72. The normalized spacial score (nSPS) is 25.0. The van der Waals surface area contributed by atoms with Crippen LogP contribution in [-0.4, -0.2) is 23.2 Å². The van der Waals surface area contributed by atoms with E-state index in [-0.39, 0.29) is 0 Å². The minimum atomic E-state index is -0.720. The average Bonchev–Trinajstić information content (AvgIpc) is 2.39. The summed E-state index contributed by atoms with van der Waals surface area (Å²) in [5, 5.41) is 15.0. The molecule has 1 aliphatic heterocycles. The molecule has 3 nitrogen and oxygen atoms in total. The van der Waals surface area contributed by atoms with Gasteiger partial charge in [-0.25, -0.2) is 0 Å². The fourth-order valence-electron chi connectivity index (χ4n) is 2.50. The van der Waals surface area contributed by atoms with Crippen molar-refractivity contribution in [2.24, 2.45) is 0 Å². The minimum Gasteiger partial charge on any atom is -0.384 e. The van der Waals surface area contributed by atoms with Crippen LogP contribution >= 0.6 is 0 Å². The SMILES string of the molecule is OC1(c2ccc3ncccc3c2)CCCNC1. The van der Waals surface area contributed by atoms with Crippen LogP contribution < -0.4 is 5.32 Å². The quantitative estimate of drug-likeness (QED) is 0.782. The zero-order valence-electron chi connectivity index (χ0n) is 9.69. The van der Waals surface area contributed by atoms with Crippen molar-refractivity contribution < 1.29 is 5.11 Å². The Labute approximate surface area is 100 Å². The number of pyridine rings is 1. The molecule has 1 aromatic carbocycles. The van der Waals surface area contributed by atoms with Gasteiger partial charge in [0.2, 0.25) is 0 Å². The van der Waals surface area contributed by atoms with E-state index in [0.29, 0.717) is 6.54 Å². The van der Waals surface area contributed by atoms with Crippen molar-refractivity contribution in [2.75, 3.05) is 13.1 Å². The third kappa shape index (κ3) is 1.92. The molecule has 0 aliphatic carbocycles. The zero-order valence-corrected chi connectivity index (χ0v) is 9.69. The second kappa shape index (κ2) is 4.09. The Kier molecular flexibility index (Phi) is 2.57. The predicted octanol–water partition coefficient (Wildman–Crippen LogP) is 1.81. The van der Waals surface area contributed by atoms with Gasteiger partial charge in [0.1, 0.15) is 5.60 Å². The number of hydrogen-bond donors (Lipinski definition) is 2. The molecule has 2 heterocycles. The zero-order chi connectivity index (χ0) is 11.7. The average molecular weight is 228 g/mol. The van der Waals surface area contributed by atoms with E-state index in [2.05, 4.69) is 16.4 Å². The lowest BCUT2D eigenvalue weighted by Gasteiger charge is -2.33. The molecule has 0 spiro atoms. The van der Waals surface area contributed by atoms with Gasteiger partial charge in [-0.1, -0.05) is 12.1 Å². The Morgan fingerprint density at radius 3 is 3.06 bits per heavy atom. The molecule has 1 aliphatic rings. The monoisotopic (exact) mass is 228 g/mol. The molecular weight excluding hydrogens is 212 g/mol. The van der Waals surface area contributed by atoms with Crippen LogP contribution in [0, 0.1) is 0 Å². The molecular formula is C14H16N2O. The van der Waals surface area contributed by atoms with E-state index in [1.54, 1.807) is 6.20 Å². The second-order valence-corrected chi connectivity index (χ2v) is 4.72. The van der Waals surface area contributed by atoms with Crippen molar-refractivity contribution in [3.05, 3.63) is 42.1 Å². The fraction of sp³-hybridized carbons (Fsp3) is 0.357. The fourth-order valence-corrected chi connectivity index (χ4v) is 2.50. The van der Waals surface area contributed by atoms with Gasteiger partial charge in [-0.15, -0.1) is 0 Å². The van der Waals surface area contributed by atoms with Crippen molar-refractivity contribution in [1.29, 1.82) is 0 Å². The Morgan fingerprint density at radius 1 is 1.29 bits per heavy atom. The maximum atomic E-state index is 10.6. The van der Waals surface area contributed by atoms with Gasteiger partial charge in [0.25, 0.3) is 0 Å². The first-order chi connectivity index (χ1) is 8.28. The van der Waals surface area contributed by atoms with Crippen molar-refractivity contribution in [3.63, 3.8) is 0 Å². The molecule has 2 N–H and O–H groups in total. The maximum Gasteiger partial charge on any atom is 0.102 e. The number of hydrogen-bond acceptors (Lipinski definition) is 3. The number of nitrogens with one attached hydrogen (secondary N) is 1. The van der Waals surface area contributed by atoms with Crippen LogP contribution in [-0.2, 0) is 5.60 Å². The smallest absolute Gasteiger partial charge is 0.102 e. The number of aromatic nitrogens is 1. The van der Waals surface area contributed by atoms with Gasteiger partial charge in [0, 0.05) is 18.1 Å². The highest BCUT2D eigenvalue weighted by molar-refractivity contribution is 5.79. The molecule has 0 bridgehead atoms. The molecule has 0 saturated carbocycles. The third-order valence-corrected chi connectivity index (χ3v) is 3.50. The van der Waals surface area contributed by atoms with Crippen LogP contribution in [0.15, 0.2) is 36.5 Å². The molecule has 3 heteroatoms. The Bertz CT molecular complexity index is 532. The summed E-state index contributed by atoms with van der Waals surface area (Å²) in [7, 11) is 0. The molecule has 1 aromatic heterocycles. The number of β-amino-alcohol motifs (C(OH)–C–C–N with tert-alkyl or cyclic N) is 1. The van der Waals surface area contributed by atoms with Crippen LogP contribution in [0.25, 0.3) is 10.9 Å². The highest BCUT2D eigenvalue weighted by Crippen LogP contribution is 2.29. The van der Waals surface area contributed by atoms with Crippen molar-refractivity contribution >= 4 is 10.9 Å². The van der Waals surface area contributed by atoms with Crippen LogP contribution in [0.1, 0.15) is 18.4 Å². The summed E-state index contributed by atoms with van der Waals surface area (Å²) in [5.41, 5.74) is 1.25. The molecule has 1 fully saturated rings. The Morgan fingerprint density at radius 2 is 2.24 bits per heavy atom. The van der Waals surface area contributed by atoms with Crippen molar-refractivity contribution in [1.82, 2.24) is 10.3 Å². The molecule has 0 radical (unpaired) electrons. The topological polar surface area (TPSA) is 45.2 Å². The standard InChI is InChI=1S/C14H16N2O/c17-14(6-2-7-15-10-14)12-4-5-13-11(9-12)3-1-8-16-13/h1,3-5,8-9,15,17H,2,6-7,10H2. The van der Waals surface area contributed by atoms with Crippen LogP contribution in [0.4, 0.5) is 0 Å². The Hall–Kier alpha value is -1.45. The molecule has 1 unspecified atom stereocenters. The number of fused-ring (bicyclic) bond motifs is 1. The van der Waals surface area contributed by atoms with Crippen LogP contribution in [0.5, 0.6) is 0 Å². The molecule has 2 aromatic rings. The number of benzene rings is 1. The first-order valence-electron chi connectivity index (χ1n) is 6.06. The molecule has 88 valence electrons. The van der Waals surface area contributed by atoms with Gasteiger partial charge in [0.15, 0.2) is 0 Å². The molecule has 0 amide bonds. The van der Waals surface area contributed by atoms with E-state index in [0.717, 1.165) is 35.9 Å². The summed E-state index contributed by atoms with van der Waals surface area (Å²) < 4.78 is 0. The first-order valence-corrected chi connectivity index (χ1v) is 6.06. The van der Waals surface area contributed by atoms with Crippen molar-refractivity contribution in [2.45, 2.75) is 18.4 Å². The van der Waals surface area contributed by atoms with Gasteiger partial charge in [-0.05, 0) is 43.1 Å². The lowest BCUT2D eigenvalue weighted by atomic mass is 9.86. The molecule has 1 atom stereocenters. The van der Waals surface area contributed by atoms with E-state index in [1.165, 1.54) is 0 Å². The summed E-state index contributed by atoms with van der Waals surface area (Å²) in [6.45, 7) is 1.64. The maximum absolute atomic E-state index is 10.6. The first kappa shape index (κ1) is 10.7. The van der Waals surface area contributed by atoms with Crippen LogP contribution in [0.2, 0.25) is 0 Å².